The van der Waals surface area contributed by atoms with E-state index in [4.69, 9.17) is 10.5 Å². The fourth-order valence-corrected chi connectivity index (χ4v) is 4.30. The molecule has 0 radical (unpaired) electrons. The van der Waals surface area contributed by atoms with Crippen LogP contribution < -0.4 is 21.4 Å². The lowest BCUT2D eigenvalue weighted by atomic mass is 10.0. The molecule has 4 N–H and O–H groups in total. The summed E-state index contributed by atoms with van der Waals surface area (Å²) in [7, 11) is 0. The van der Waals surface area contributed by atoms with Crippen molar-refractivity contribution in [3.63, 3.8) is 0 Å². The van der Waals surface area contributed by atoms with E-state index < -0.39 is 29.8 Å². The largest absolute Gasteiger partial charge is 0.378 e. The molecule has 0 aliphatic carbocycles. The van der Waals surface area contributed by atoms with Gasteiger partial charge < -0.3 is 20.7 Å². The van der Waals surface area contributed by atoms with E-state index in [9.17, 15) is 18.8 Å². The summed E-state index contributed by atoms with van der Waals surface area (Å²) in [5.74, 6) is -2.19. The van der Waals surface area contributed by atoms with Crippen molar-refractivity contribution < 1.29 is 23.5 Å². The SMILES string of the molecule is NC(=O)N(NC(=O)c1ncc(F)cc1N1CCOCC1)[C@@H]1N=C(c2ccccc2)c2ccccc2NC1=O. The zero-order valence-corrected chi connectivity index (χ0v) is 20.1. The molecule has 2 aliphatic heterocycles. The lowest BCUT2D eigenvalue weighted by Gasteiger charge is -2.31. The lowest BCUT2D eigenvalue weighted by molar-refractivity contribution is -0.120. The summed E-state index contributed by atoms with van der Waals surface area (Å²) in [4.78, 5) is 49.5. The second kappa shape index (κ2) is 10.6. The minimum Gasteiger partial charge on any atom is -0.378 e. The van der Waals surface area contributed by atoms with Gasteiger partial charge in [0.05, 0.1) is 36.5 Å². The quantitative estimate of drug-likeness (QED) is 0.451. The van der Waals surface area contributed by atoms with Crippen LogP contribution in [0.3, 0.4) is 0 Å². The first-order valence-electron chi connectivity index (χ1n) is 11.8. The zero-order valence-electron chi connectivity index (χ0n) is 20.1. The maximum atomic E-state index is 14.1. The number of pyridine rings is 1. The minimum atomic E-state index is -1.55. The summed E-state index contributed by atoms with van der Waals surface area (Å²) in [5.41, 5.74) is 10.3. The van der Waals surface area contributed by atoms with Crippen molar-refractivity contribution in [2.45, 2.75) is 6.17 Å². The van der Waals surface area contributed by atoms with Crippen LogP contribution >= 0.6 is 0 Å². The molecule has 1 aromatic heterocycles. The normalized spacial score (nSPS) is 17.0. The number of amides is 4. The highest BCUT2D eigenvalue weighted by atomic mass is 19.1. The molecule has 3 aromatic rings. The van der Waals surface area contributed by atoms with Gasteiger partial charge in [-0.3, -0.25) is 15.0 Å². The molecule has 4 amide bonds. The molecular weight excluding hydrogens is 493 g/mol. The molecule has 194 valence electrons. The van der Waals surface area contributed by atoms with Gasteiger partial charge in [-0.05, 0) is 6.07 Å². The number of aromatic nitrogens is 1. The van der Waals surface area contributed by atoms with Gasteiger partial charge in [-0.1, -0.05) is 48.5 Å². The number of nitrogens with zero attached hydrogens (tertiary/aromatic N) is 4. The molecule has 1 atom stereocenters. The molecule has 2 aromatic carbocycles. The van der Waals surface area contributed by atoms with E-state index in [2.05, 4.69) is 20.7 Å². The molecule has 0 spiro atoms. The minimum absolute atomic E-state index is 0.149. The number of rotatable bonds is 4. The van der Waals surface area contributed by atoms with E-state index in [1.807, 2.05) is 30.3 Å². The number of primary amides is 1. The van der Waals surface area contributed by atoms with Gasteiger partial charge in [0.1, 0.15) is 5.82 Å². The van der Waals surface area contributed by atoms with Crippen LogP contribution in [-0.2, 0) is 9.53 Å². The number of nitrogens with one attached hydrogen (secondary N) is 2. The zero-order chi connectivity index (χ0) is 26.6. The first-order valence-corrected chi connectivity index (χ1v) is 11.8. The number of carbonyl (C=O) groups is 3. The van der Waals surface area contributed by atoms with E-state index >= 15 is 0 Å². The van der Waals surface area contributed by atoms with Crippen LogP contribution in [0.2, 0.25) is 0 Å². The van der Waals surface area contributed by atoms with E-state index in [0.29, 0.717) is 53.8 Å². The summed E-state index contributed by atoms with van der Waals surface area (Å²) in [6.07, 6.45) is -0.653. The van der Waals surface area contributed by atoms with Gasteiger partial charge in [0.2, 0.25) is 6.17 Å². The van der Waals surface area contributed by atoms with Crippen LogP contribution in [0, 0.1) is 5.82 Å². The van der Waals surface area contributed by atoms with Gasteiger partial charge in [-0.15, -0.1) is 0 Å². The van der Waals surface area contributed by atoms with Crippen molar-refractivity contribution in [1.82, 2.24) is 15.4 Å². The Bertz CT molecular complexity index is 1410. The van der Waals surface area contributed by atoms with Crippen LogP contribution in [0.1, 0.15) is 21.6 Å². The number of morpholine rings is 1. The number of aliphatic imine (C=N–C) groups is 1. The standard InChI is InChI=1S/C26H24FN7O4/c27-17-14-20(33-10-12-38-13-11-33)22(29-15-17)24(35)32-34(26(28)37)23-25(36)30-19-9-5-4-8-18(19)21(31-23)16-6-2-1-3-7-16/h1-9,14-15,23H,10-13H2,(H2,28,37)(H,30,36)(H,32,35)/t23-/m0/s1. The number of hydrogen-bond donors (Lipinski definition) is 3. The molecule has 0 bridgehead atoms. The van der Waals surface area contributed by atoms with Crippen LogP contribution in [0.15, 0.2) is 71.9 Å². The number of benzene rings is 2. The second-order valence-corrected chi connectivity index (χ2v) is 8.52. The third kappa shape index (κ3) is 5.02. The van der Waals surface area contributed by atoms with E-state index in [-0.39, 0.29) is 11.4 Å². The second-order valence-electron chi connectivity index (χ2n) is 8.52. The van der Waals surface area contributed by atoms with E-state index in [1.54, 1.807) is 29.2 Å². The Morgan fingerprint density at radius 2 is 1.82 bits per heavy atom. The smallest absolute Gasteiger partial charge is 0.336 e. The fourth-order valence-electron chi connectivity index (χ4n) is 4.30. The number of para-hydroxylation sites is 1. The Hall–Kier alpha value is -4.84. The Kier molecular flexibility index (Phi) is 6.96. The number of fused-ring (bicyclic) bond motifs is 1. The van der Waals surface area contributed by atoms with Gasteiger partial charge in [0.25, 0.3) is 11.8 Å². The van der Waals surface area contributed by atoms with Crippen molar-refractivity contribution in [2.24, 2.45) is 10.7 Å². The average molecular weight is 518 g/mol. The highest BCUT2D eigenvalue weighted by molar-refractivity contribution is 6.19. The number of benzodiazepines with no additional fused rings is 1. The van der Waals surface area contributed by atoms with Gasteiger partial charge in [-0.2, -0.15) is 0 Å². The van der Waals surface area contributed by atoms with Gasteiger partial charge in [-0.25, -0.2) is 24.2 Å². The van der Waals surface area contributed by atoms with E-state index in [1.165, 1.54) is 6.07 Å². The third-order valence-electron chi connectivity index (χ3n) is 6.08. The molecular formula is C26H24FN7O4. The summed E-state index contributed by atoms with van der Waals surface area (Å²) < 4.78 is 19.4. The monoisotopic (exact) mass is 517 g/mol. The summed E-state index contributed by atoms with van der Waals surface area (Å²) >= 11 is 0. The molecule has 2 aliphatic rings. The summed E-state index contributed by atoms with van der Waals surface area (Å²) in [5, 5.41) is 3.39. The molecule has 11 nitrogen and oxygen atoms in total. The highest BCUT2D eigenvalue weighted by Crippen LogP contribution is 2.25. The average Bonchev–Trinajstić information content (AvgIpc) is 3.08. The predicted molar refractivity (Wildman–Crippen MR) is 137 cm³/mol. The first kappa shape index (κ1) is 24.8. The number of nitrogens with two attached hydrogens (primary N) is 1. The highest BCUT2D eigenvalue weighted by Gasteiger charge is 2.35. The number of ether oxygens (including phenoxy) is 1. The molecule has 12 heteroatoms. The fraction of sp³-hybridized carbons (Fsp3) is 0.192. The molecule has 38 heavy (non-hydrogen) atoms. The van der Waals surface area contributed by atoms with Gasteiger partial charge in [0.15, 0.2) is 5.69 Å². The Balaban J connectivity index is 1.52. The van der Waals surface area contributed by atoms with Crippen molar-refractivity contribution >= 4 is 34.9 Å². The van der Waals surface area contributed by atoms with Crippen LogP contribution in [-0.4, -0.2) is 66.0 Å². The van der Waals surface area contributed by atoms with Gasteiger partial charge in [0, 0.05) is 30.3 Å². The number of anilines is 2. The van der Waals surface area contributed by atoms with Crippen molar-refractivity contribution in [3.8, 4) is 0 Å². The Morgan fingerprint density at radius 3 is 2.55 bits per heavy atom. The lowest BCUT2D eigenvalue weighted by Crippen LogP contribution is -2.57. The number of hydrazine groups is 1. The van der Waals surface area contributed by atoms with Crippen molar-refractivity contribution in [1.29, 1.82) is 0 Å². The van der Waals surface area contributed by atoms with E-state index in [0.717, 1.165) is 6.20 Å². The number of hydrogen-bond acceptors (Lipinski definition) is 7. The maximum absolute atomic E-state index is 14.1. The molecule has 5 rings (SSSR count). The number of urea groups is 1. The van der Waals surface area contributed by atoms with Crippen molar-refractivity contribution in [3.05, 3.63) is 89.5 Å². The maximum Gasteiger partial charge on any atom is 0.336 e. The van der Waals surface area contributed by atoms with Crippen molar-refractivity contribution in [2.75, 3.05) is 36.5 Å². The molecule has 3 heterocycles. The first-order chi connectivity index (χ1) is 18.4. The molecule has 1 fully saturated rings. The van der Waals surface area contributed by atoms with Gasteiger partial charge >= 0.3 is 6.03 Å². The molecule has 0 saturated carbocycles. The topological polar surface area (TPSA) is 142 Å². The Labute approximate surface area is 217 Å². The third-order valence-corrected chi connectivity index (χ3v) is 6.08. The molecule has 1 saturated heterocycles. The Morgan fingerprint density at radius 1 is 1.11 bits per heavy atom. The summed E-state index contributed by atoms with van der Waals surface area (Å²) in [6.45, 7) is 1.62. The summed E-state index contributed by atoms with van der Waals surface area (Å²) in [6, 6.07) is 16.2. The molecule has 0 unspecified atom stereocenters. The number of halogens is 1. The van der Waals surface area contributed by atoms with Crippen LogP contribution in [0.5, 0.6) is 0 Å². The van der Waals surface area contributed by atoms with Crippen LogP contribution in [0.4, 0.5) is 20.6 Å². The van der Waals surface area contributed by atoms with Crippen LogP contribution in [0.25, 0.3) is 0 Å². The predicted octanol–water partition coefficient (Wildman–Crippen LogP) is 1.90. The number of carbonyl (C=O) groups excluding carboxylic acids is 3.